The highest BCUT2D eigenvalue weighted by atomic mass is 16.5. The van der Waals surface area contributed by atoms with Crippen LogP contribution in [0.5, 0.6) is 5.75 Å². The van der Waals surface area contributed by atoms with Crippen molar-refractivity contribution in [1.82, 2.24) is 0 Å². The van der Waals surface area contributed by atoms with Gasteiger partial charge >= 0.3 is 5.97 Å². The molecule has 0 radical (unpaired) electrons. The first kappa shape index (κ1) is 23.3. The molecule has 3 aromatic carbocycles. The molecule has 0 aromatic heterocycles. The predicted octanol–water partition coefficient (Wildman–Crippen LogP) is 7.86. The summed E-state index contributed by atoms with van der Waals surface area (Å²) in [5, 5.41) is 0. The lowest BCUT2D eigenvalue weighted by Gasteiger charge is -2.27. The first-order valence-corrected chi connectivity index (χ1v) is 12.6. The van der Waals surface area contributed by atoms with Gasteiger partial charge < -0.3 is 4.74 Å². The monoisotopic (exact) mass is 440 g/mol. The molecule has 1 aliphatic carbocycles. The minimum atomic E-state index is -0.0676. The number of esters is 1. The molecule has 0 N–H and O–H groups in total. The van der Waals surface area contributed by atoms with E-state index in [0.29, 0.717) is 17.6 Å². The van der Waals surface area contributed by atoms with Gasteiger partial charge in [0.15, 0.2) is 0 Å². The van der Waals surface area contributed by atoms with Crippen molar-refractivity contribution in [2.75, 3.05) is 0 Å². The van der Waals surface area contributed by atoms with E-state index in [4.69, 9.17) is 4.74 Å². The van der Waals surface area contributed by atoms with E-state index in [1.165, 1.54) is 22.3 Å². The molecule has 33 heavy (non-hydrogen) atoms. The number of hydrogen-bond donors (Lipinski definition) is 0. The van der Waals surface area contributed by atoms with Gasteiger partial charge in [-0.15, -0.1) is 0 Å². The molecule has 0 aliphatic heterocycles. The van der Waals surface area contributed by atoms with Crippen LogP contribution in [0.3, 0.4) is 0 Å². The third-order valence-corrected chi connectivity index (χ3v) is 7.10. The molecule has 0 saturated heterocycles. The Morgan fingerprint density at radius 2 is 1.48 bits per heavy atom. The van der Waals surface area contributed by atoms with Gasteiger partial charge in [-0.3, -0.25) is 4.79 Å². The molecule has 0 heterocycles. The van der Waals surface area contributed by atoms with Crippen LogP contribution in [0.15, 0.2) is 78.9 Å². The van der Waals surface area contributed by atoms with E-state index >= 15 is 0 Å². The van der Waals surface area contributed by atoms with Gasteiger partial charge in [0, 0.05) is 0 Å². The van der Waals surface area contributed by atoms with Gasteiger partial charge in [0.2, 0.25) is 0 Å². The van der Waals surface area contributed by atoms with Crippen LogP contribution in [0.25, 0.3) is 0 Å². The van der Waals surface area contributed by atoms with Crippen LogP contribution in [0.1, 0.15) is 80.0 Å². The maximum atomic E-state index is 12.7. The average molecular weight is 441 g/mol. The van der Waals surface area contributed by atoms with Gasteiger partial charge in [0.25, 0.3) is 0 Å². The molecule has 0 spiro atoms. The van der Waals surface area contributed by atoms with Gasteiger partial charge in [-0.1, -0.05) is 87.0 Å². The zero-order valence-corrected chi connectivity index (χ0v) is 20.0. The van der Waals surface area contributed by atoms with Crippen LogP contribution in [0.2, 0.25) is 0 Å². The highest BCUT2D eigenvalue weighted by molar-refractivity contribution is 5.75. The highest BCUT2D eigenvalue weighted by Gasteiger charge is 2.28. The molecule has 1 atom stereocenters. The molecule has 1 saturated carbocycles. The molecular formula is C31H36O2. The van der Waals surface area contributed by atoms with Gasteiger partial charge in [0.05, 0.1) is 5.92 Å². The summed E-state index contributed by atoms with van der Waals surface area (Å²) in [7, 11) is 0. The molecule has 0 amide bonds. The maximum Gasteiger partial charge on any atom is 0.314 e. The van der Waals surface area contributed by atoms with Gasteiger partial charge in [-0.2, -0.15) is 0 Å². The summed E-state index contributed by atoms with van der Waals surface area (Å²) in [6.45, 7) is 4.47. The smallest absolute Gasteiger partial charge is 0.314 e. The van der Waals surface area contributed by atoms with Gasteiger partial charge in [0.1, 0.15) is 5.75 Å². The molecule has 0 bridgehead atoms. The summed E-state index contributed by atoms with van der Waals surface area (Å²) in [5.74, 6) is 1.68. The molecule has 1 fully saturated rings. The zero-order valence-electron chi connectivity index (χ0n) is 20.0. The summed E-state index contributed by atoms with van der Waals surface area (Å²) in [6, 6.07) is 27.9. The quantitative estimate of drug-likeness (QED) is 0.263. The first-order valence-electron chi connectivity index (χ1n) is 12.6. The largest absolute Gasteiger partial charge is 0.426 e. The summed E-state index contributed by atoms with van der Waals surface area (Å²) >= 11 is 0. The Hall–Kier alpha value is -2.87. The summed E-state index contributed by atoms with van der Waals surface area (Å²) in [6.07, 6.45) is 7.16. The molecule has 4 rings (SSSR count). The highest BCUT2D eigenvalue weighted by Crippen LogP contribution is 2.36. The lowest BCUT2D eigenvalue weighted by molar-refractivity contribution is -0.140. The topological polar surface area (TPSA) is 26.3 Å². The predicted molar refractivity (Wildman–Crippen MR) is 136 cm³/mol. The van der Waals surface area contributed by atoms with Crippen molar-refractivity contribution in [1.29, 1.82) is 0 Å². The number of benzene rings is 3. The Kier molecular flexibility index (Phi) is 7.99. The van der Waals surface area contributed by atoms with Crippen molar-refractivity contribution in [3.05, 3.63) is 101 Å². The molecule has 3 aromatic rings. The summed E-state index contributed by atoms with van der Waals surface area (Å²) < 4.78 is 5.68. The molecule has 2 nitrogen and oxygen atoms in total. The number of carbonyl (C=O) groups excluding carboxylic acids is 1. The fraction of sp³-hybridized carbons (Fsp3) is 0.387. The second-order valence-electron chi connectivity index (χ2n) is 9.62. The number of ether oxygens (including phenoxy) is 1. The van der Waals surface area contributed by atoms with Crippen LogP contribution in [-0.4, -0.2) is 5.97 Å². The van der Waals surface area contributed by atoms with E-state index in [2.05, 4.69) is 80.6 Å². The van der Waals surface area contributed by atoms with Crippen molar-refractivity contribution in [3.63, 3.8) is 0 Å². The third-order valence-electron chi connectivity index (χ3n) is 7.10. The van der Waals surface area contributed by atoms with Crippen molar-refractivity contribution in [2.24, 2.45) is 5.92 Å². The van der Waals surface area contributed by atoms with Crippen LogP contribution >= 0.6 is 0 Å². The minimum absolute atomic E-state index is 0.0163. The molecule has 1 aliphatic rings. The van der Waals surface area contributed by atoms with Crippen LogP contribution < -0.4 is 4.74 Å². The van der Waals surface area contributed by atoms with E-state index in [0.717, 1.165) is 44.9 Å². The van der Waals surface area contributed by atoms with Crippen LogP contribution in [-0.2, 0) is 17.6 Å². The van der Waals surface area contributed by atoms with E-state index < -0.39 is 0 Å². The Labute approximate surface area is 199 Å². The fourth-order valence-corrected chi connectivity index (χ4v) is 5.05. The number of rotatable bonds is 8. The maximum absolute atomic E-state index is 12.7. The van der Waals surface area contributed by atoms with Crippen LogP contribution in [0.4, 0.5) is 0 Å². The fourth-order valence-electron chi connectivity index (χ4n) is 5.05. The summed E-state index contributed by atoms with van der Waals surface area (Å²) in [4.78, 5) is 12.7. The first-order chi connectivity index (χ1) is 16.1. The number of carbonyl (C=O) groups is 1. The average Bonchev–Trinajstić information content (AvgIpc) is 2.86. The Morgan fingerprint density at radius 1 is 0.848 bits per heavy atom. The van der Waals surface area contributed by atoms with Gasteiger partial charge in [-0.25, -0.2) is 0 Å². The number of aryl methyl sites for hydroxylation is 1. The van der Waals surface area contributed by atoms with Crippen molar-refractivity contribution in [3.8, 4) is 5.75 Å². The zero-order chi connectivity index (χ0) is 23.0. The molecule has 172 valence electrons. The molecule has 2 heteroatoms. The Morgan fingerprint density at radius 3 is 2.12 bits per heavy atom. The van der Waals surface area contributed by atoms with E-state index in [9.17, 15) is 4.79 Å². The lowest BCUT2D eigenvalue weighted by Crippen LogP contribution is -2.25. The van der Waals surface area contributed by atoms with Crippen molar-refractivity contribution >= 4 is 5.97 Å². The lowest BCUT2D eigenvalue weighted by atomic mass is 9.78. The van der Waals surface area contributed by atoms with Crippen molar-refractivity contribution < 1.29 is 9.53 Å². The molecular weight excluding hydrogens is 404 g/mol. The third kappa shape index (κ3) is 6.35. The van der Waals surface area contributed by atoms with E-state index in [1.807, 2.05) is 12.1 Å². The SMILES string of the molecule is CCCc1ccc(OC(=O)C2CCC(c3ccc(C[C@@H](C)c4ccccc4)cc3)CC2)cc1. The second-order valence-corrected chi connectivity index (χ2v) is 9.62. The summed E-state index contributed by atoms with van der Waals surface area (Å²) in [5.41, 5.74) is 5.48. The second kappa shape index (κ2) is 11.3. The molecule has 0 unspecified atom stereocenters. The minimum Gasteiger partial charge on any atom is -0.426 e. The van der Waals surface area contributed by atoms with Crippen molar-refractivity contribution in [2.45, 2.75) is 70.6 Å². The standard InChI is InChI=1S/C31H36O2/c1-3-7-24-12-20-30(21-13-24)33-31(32)29-18-16-28(17-19-29)27-14-10-25(11-15-27)22-23(2)26-8-5-4-6-9-26/h4-6,8-15,20-21,23,28-29H,3,7,16-19,22H2,1-2H3/t23-,28?,29?/m1/s1. The normalized spacial score (nSPS) is 19.1. The van der Waals surface area contributed by atoms with Crippen LogP contribution in [0, 0.1) is 5.92 Å². The van der Waals surface area contributed by atoms with E-state index in [-0.39, 0.29) is 11.9 Å². The Bertz CT molecular complexity index is 997. The van der Waals surface area contributed by atoms with Gasteiger partial charge in [-0.05, 0) is 84.7 Å². The Balaban J connectivity index is 1.26. The number of hydrogen-bond acceptors (Lipinski definition) is 2. The van der Waals surface area contributed by atoms with E-state index in [1.54, 1.807) is 0 Å².